The second kappa shape index (κ2) is 4.68. The van der Waals surface area contributed by atoms with Crippen LogP contribution in [0.25, 0.3) is 0 Å². The molecule has 0 saturated heterocycles. The highest BCUT2D eigenvalue weighted by Gasteiger charge is 2.45. The lowest BCUT2D eigenvalue weighted by molar-refractivity contribution is -0.165. The predicted molar refractivity (Wildman–Crippen MR) is 46.8 cm³/mol. The molecule has 0 fully saturated rings. The molecule has 1 unspecified atom stereocenters. The molecule has 10 heteroatoms. The molecule has 19 heavy (non-hydrogen) atoms. The van der Waals surface area contributed by atoms with Crippen LogP contribution < -0.4 is 0 Å². The van der Waals surface area contributed by atoms with Gasteiger partial charge in [-0.05, 0) is 12.1 Å². The molecule has 2 N–H and O–H groups in total. The number of nitrogens with zero attached hydrogens (tertiary/aromatic N) is 1. The van der Waals surface area contributed by atoms with Crippen LogP contribution in [0, 0.1) is 0 Å². The van der Waals surface area contributed by atoms with Crippen molar-refractivity contribution in [2.45, 2.75) is 18.5 Å². The van der Waals surface area contributed by atoms with Gasteiger partial charge >= 0.3 is 18.3 Å². The van der Waals surface area contributed by atoms with Gasteiger partial charge in [0, 0.05) is 0 Å². The molecule has 0 aliphatic heterocycles. The monoisotopic (exact) mass is 289 g/mol. The largest absolute Gasteiger partial charge is 0.479 e. The van der Waals surface area contributed by atoms with Gasteiger partial charge in [-0.1, -0.05) is 0 Å². The first kappa shape index (κ1) is 15.2. The molecule has 0 aliphatic carbocycles. The van der Waals surface area contributed by atoms with Crippen molar-refractivity contribution in [1.29, 1.82) is 0 Å². The van der Waals surface area contributed by atoms with E-state index in [0.29, 0.717) is 6.07 Å². The molecule has 0 amide bonds. The van der Waals surface area contributed by atoms with Crippen molar-refractivity contribution in [3.63, 3.8) is 0 Å². The Morgan fingerprint density at radius 1 is 1.11 bits per heavy atom. The van der Waals surface area contributed by atoms with Crippen molar-refractivity contribution >= 4 is 5.97 Å². The van der Waals surface area contributed by atoms with E-state index in [1.165, 1.54) is 0 Å². The average molecular weight is 289 g/mol. The lowest BCUT2D eigenvalue weighted by atomic mass is 10.1. The van der Waals surface area contributed by atoms with E-state index in [1.54, 1.807) is 0 Å². The molecule has 0 saturated carbocycles. The average Bonchev–Trinajstić information content (AvgIpc) is 2.24. The number of aliphatic carboxylic acids is 1. The normalized spacial score (nSPS) is 14.3. The van der Waals surface area contributed by atoms with Gasteiger partial charge in [-0.2, -0.15) is 26.3 Å². The van der Waals surface area contributed by atoms with E-state index in [-0.39, 0.29) is 6.07 Å². The summed E-state index contributed by atoms with van der Waals surface area (Å²) in [6.07, 6.45) is -13.2. The molecule has 4 nitrogen and oxygen atoms in total. The van der Waals surface area contributed by atoms with Crippen molar-refractivity contribution in [3.8, 4) is 0 Å². The van der Waals surface area contributed by atoms with E-state index in [4.69, 9.17) is 10.2 Å². The Balaban J connectivity index is 3.44. The standard InChI is InChI=1S/C9H5F6NO3/c10-8(11,12)3-1-2-4(5(17)7(18)19)16-6(3)9(13,14)15/h1-2,5,17H,(H,18,19). The van der Waals surface area contributed by atoms with Crippen LogP contribution in [0.5, 0.6) is 0 Å². The summed E-state index contributed by atoms with van der Waals surface area (Å²) in [6, 6.07) is 0.397. The minimum absolute atomic E-state index is 0.0251. The zero-order chi connectivity index (χ0) is 15.0. The third kappa shape index (κ3) is 3.34. The smallest absolute Gasteiger partial charge is 0.433 e. The maximum absolute atomic E-state index is 12.4. The van der Waals surface area contributed by atoms with Crippen LogP contribution in [-0.4, -0.2) is 21.2 Å². The zero-order valence-electron chi connectivity index (χ0n) is 8.75. The number of alkyl halides is 6. The fourth-order valence-corrected chi connectivity index (χ4v) is 1.20. The van der Waals surface area contributed by atoms with Gasteiger partial charge in [0.25, 0.3) is 0 Å². The first-order valence-corrected chi connectivity index (χ1v) is 4.51. The summed E-state index contributed by atoms with van der Waals surface area (Å²) in [5, 5.41) is 17.3. The number of hydrogen-bond acceptors (Lipinski definition) is 3. The van der Waals surface area contributed by atoms with E-state index in [1.807, 2.05) is 0 Å². The Morgan fingerprint density at radius 2 is 1.63 bits per heavy atom. The van der Waals surface area contributed by atoms with Crippen LogP contribution >= 0.6 is 0 Å². The van der Waals surface area contributed by atoms with Crippen LogP contribution in [0.1, 0.15) is 23.1 Å². The summed E-state index contributed by atoms with van der Waals surface area (Å²) in [5.41, 5.74) is -5.38. The molecule has 1 rings (SSSR count). The Labute approximate surface area is 101 Å². The molecular formula is C9H5F6NO3. The van der Waals surface area contributed by atoms with Gasteiger partial charge in [-0.15, -0.1) is 0 Å². The molecule has 0 aromatic carbocycles. The molecule has 0 radical (unpaired) electrons. The maximum Gasteiger partial charge on any atom is 0.433 e. The fraction of sp³-hybridized carbons (Fsp3) is 0.333. The summed E-state index contributed by atoms with van der Waals surface area (Å²) in [6.45, 7) is 0. The Morgan fingerprint density at radius 3 is 2.00 bits per heavy atom. The van der Waals surface area contributed by atoms with Crippen LogP contribution in [-0.2, 0) is 17.1 Å². The van der Waals surface area contributed by atoms with Crippen molar-refractivity contribution in [1.82, 2.24) is 4.98 Å². The molecule has 0 aliphatic rings. The first-order valence-electron chi connectivity index (χ1n) is 4.51. The van der Waals surface area contributed by atoms with E-state index in [0.717, 1.165) is 0 Å². The highest BCUT2D eigenvalue weighted by molar-refractivity contribution is 5.73. The van der Waals surface area contributed by atoms with E-state index in [2.05, 4.69) is 4.98 Å². The minimum Gasteiger partial charge on any atom is -0.479 e. The van der Waals surface area contributed by atoms with E-state index >= 15 is 0 Å². The van der Waals surface area contributed by atoms with Crippen LogP contribution in [0.2, 0.25) is 0 Å². The number of aromatic nitrogens is 1. The van der Waals surface area contributed by atoms with Crippen molar-refractivity contribution in [2.24, 2.45) is 0 Å². The van der Waals surface area contributed by atoms with E-state index in [9.17, 15) is 31.1 Å². The lowest BCUT2D eigenvalue weighted by Gasteiger charge is -2.16. The van der Waals surface area contributed by atoms with Gasteiger partial charge in [0.1, 0.15) is 0 Å². The number of aliphatic hydroxyl groups excluding tert-OH is 1. The highest BCUT2D eigenvalue weighted by Crippen LogP contribution is 2.39. The summed E-state index contributed by atoms with van der Waals surface area (Å²) >= 11 is 0. The van der Waals surface area contributed by atoms with E-state index < -0.39 is 41.4 Å². The third-order valence-electron chi connectivity index (χ3n) is 2.00. The van der Waals surface area contributed by atoms with Crippen molar-refractivity contribution in [2.75, 3.05) is 0 Å². The molecule has 0 bridgehead atoms. The molecule has 106 valence electrons. The molecule has 1 aromatic heterocycles. The lowest BCUT2D eigenvalue weighted by Crippen LogP contribution is -2.21. The number of rotatable bonds is 2. The SMILES string of the molecule is O=C(O)C(O)c1ccc(C(F)(F)F)c(C(F)(F)F)n1. The van der Waals surface area contributed by atoms with Crippen molar-refractivity contribution in [3.05, 3.63) is 29.1 Å². The minimum atomic E-state index is -5.43. The maximum atomic E-state index is 12.4. The molecule has 1 heterocycles. The molecule has 1 atom stereocenters. The van der Waals surface area contributed by atoms with Crippen LogP contribution in [0.3, 0.4) is 0 Å². The number of aliphatic hydroxyl groups is 1. The number of hydrogen-bond donors (Lipinski definition) is 2. The molecule has 1 aromatic rings. The first-order chi connectivity index (χ1) is 8.44. The number of carbonyl (C=O) groups is 1. The summed E-state index contributed by atoms with van der Waals surface area (Å²) in [7, 11) is 0. The summed E-state index contributed by atoms with van der Waals surface area (Å²) in [5.74, 6) is -1.93. The molecule has 0 spiro atoms. The van der Waals surface area contributed by atoms with Crippen LogP contribution in [0.4, 0.5) is 26.3 Å². The Kier molecular flexibility index (Phi) is 3.75. The van der Waals surface area contributed by atoms with Gasteiger partial charge in [-0.25, -0.2) is 9.78 Å². The number of carboxylic acid groups (broad SMARTS) is 1. The highest BCUT2D eigenvalue weighted by atomic mass is 19.4. The van der Waals surface area contributed by atoms with Gasteiger partial charge in [-0.3, -0.25) is 0 Å². The molecular weight excluding hydrogens is 284 g/mol. The number of halogens is 6. The predicted octanol–water partition coefficient (Wildman–Crippen LogP) is 2.24. The Hall–Kier alpha value is -1.84. The summed E-state index contributed by atoms with van der Waals surface area (Å²) in [4.78, 5) is 12.9. The second-order valence-corrected chi connectivity index (χ2v) is 3.37. The summed E-state index contributed by atoms with van der Waals surface area (Å²) < 4.78 is 74.3. The van der Waals surface area contributed by atoms with Gasteiger partial charge < -0.3 is 10.2 Å². The van der Waals surface area contributed by atoms with Crippen molar-refractivity contribution < 1.29 is 41.4 Å². The topological polar surface area (TPSA) is 70.4 Å². The quantitative estimate of drug-likeness (QED) is 0.819. The van der Waals surface area contributed by atoms with Crippen LogP contribution in [0.15, 0.2) is 12.1 Å². The number of pyridine rings is 1. The van der Waals surface area contributed by atoms with Gasteiger partial charge in [0.15, 0.2) is 11.8 Å². The number of carboxylic acids is 1. The third-order valence-corrected chi connectivity index (χ3v) is 2.00. The van der Waals surface area contributed by atoms with Gasteiger partial charge in [0.2, 0.25) is 0 Å². The van der Waals surface area contributed by atoms with Gasteiger partial charge in [0.05, 0.1) is 11.3 Å². The zero-order valence-corrected chi connectivity index (χ0v) is 8.75. The Bertz CT molecular complexity index is 496. The second-order valence-electron chi connectivity index (χ2n) is 3.37. The fourth-order valence-electron chi connectivity index (χ4n) is 1.20.